The van der Waals surface area contributed by atoms with E-state index in [0.29, 0.717) is 13.1 Å². The summed E-state index contributed by atoms with van der Waals surface area (Å²) in [4.78, 5) is 14.1. The predicted octanol–water partition coefficient (Wildman–Crippen LogP) is 3.49. The Morgan fingerprint density at radius 2 is 1.93 bits per heavy atom. The van der Waals surface area contributed by atoms with Gasteiger partial charge in [0.1, 0.15) is 10.8 Å². The van der Waals surface area contributed by atoms with Gasteiger partial charge in [-0.1, -0.05) is 24.3 Å². The van der Waals surface area contributed by atoms with E-state index in [0.717, 1.165) is 23.3 Å². The molecule has 0 radical (unpaired) electrons. The molecule has 0 atom stereocenters. The summed E-state index contributed by atoms with van der Waals surface area (Å²) in [6.07, 6.45) is 5.73. The molecule has 1 aromatic carbocycles. The molecule has 0 fully saturated rings. The van der Waals surface area contributed by atoms with Crippen molar-refractivity contribution in [2.75, 3.05) is 7.05 Å². The maximum atomic E-state index is 4.36. The highest BCUT2D eigenvalue weighted by Crippen LogP contribution is 2.11. The van der Waals surface area contributed by atoms with Crippen LogP contribution in [0.2, 0.25) is 0 Å². The molecule has 0 amide bonds. The van der Waals surface area contributed by atoms with Gasteiger partial charge < -0.3 is 15.2 Å². The lowest BCUT2D eigenvalue weighted by Gasteiger charge is -2.12. The number of nitrogens with one attached hydrogen (secondary N) is 2. The Balaban J connectivity index is 0.00000261. The number of rotatable bonds is 6. The number of hydrogen-bond acceptors (Lipinski definition) is 4. The maximum absolute atomic E-state index is 4.36. The zero-order valence-corrected chi connectivity index (χ0v) is 18.9. The molecule has 0 bridgehead atoms. The molecule has 27 heavy (non-hydrogen) atoms. The number of hydrogen-bond donors (Lipinski definition) is 2. The molecule has 2 aromatic heterocycles. The SMILES string of the molecule is CN=C(NCc1cccc(Cn2ccnc2C)c1)NCc1ncc(C)s1.I. The van der Waals surface area contributed by atoms with E-state index in [1.807, 2.05) is 25.5 Å². The van der Waals surface area contributed by atoms with Gasteiger partial charge in [0.15, 0.2) is 5.96 Å². The maximum Gasteiger partial charge on any atom is 0.191 e. The topological polar surface area (TPSA) is 67.1 Å². The smallest absolute Gasteiger partial charge is 0.191 e. The van der Waals surface area contributed by atoms with Crippen LogP contribution < -0.4 is 10.6 Å². The molecule has 8 heteroatoms. The number of halogens is 1. The fourth-order valence-electron chi connectivity index (χ4n) is 2.65. The predicted molar refractivity (Wildman–Crippen MR) is 122 cm³/mol. The minimum atomic E-state index is 0. The number of benzene rings is 1. The summed E-state index contributed by atoms with van der Waals surface area (Å²) in [5, 5.41) is 7.72. The van der Waals surface area contributed by atoms with Gasteiger partial charge in [-0.3, -0.25) is 4.99 Å². The van der Waals surface area contributed by atoms with Crippen molar-refractivity contribution < 1.29 is 0 Å². The summed E-state index contributed by atoms with van der Waals surface area (Å²) in [7, 11) is 1.78. The summed E-state index contributed by atoms with van der Waals surface area (Å²) in [6, 6.07) is 8.56. The van der Waals surface area contributed by atoms with Crippen molar-refractivity contribution >= 4 is 41.3 Å². The molecule has 144 valence electrons. The van der Waals surface area contributed by atoms with Crippen LogP contribution in [0.5, 0.6) is 0 Å². The Morgan fingerprint density at radius 1 is 1.15 bits per heavy atom. The summed E-state index contributed by atoms with van der Waals surface area (Å²) in [5.41, 5.74) is 2.47. The number of aromatic nitrogens is 3. The average Bonchev–Trinajstić information content (AvgIpc) is 3.24. The third-order valence-electron chi connectivity index (χ3n) is 4.03. The molecule has 0 aliphatic heterocycles. The van der Waals surface area contributed by atoms with Crippen molar-refractivity contribution in [2.45, 2.75) is 33.5 Å². The normalized spacial score (nSPS) is 11.1. The minimum absolute atomic E-state index is 0. The van der Waals surface area contributed by atoms with Gasteiger partial charge in [-0.15, -0.1) is 35.3 Å². The highest BCUT2D eigenvalue weighted by molar-refractivity contribution is 14.0. The summed E-state index contributed by atoms with van der Waals surface area (Å²) < 4.78 is 2.14. The van der Waals surface area contributed by atoms with Crippen molar-refractivity contribution in [1.82, 2.24) is 25.2 Å². The molecule has 2 heterocycles. The van der Waals surface area contributed by atoms with Crippen LogP contribution in [-0.2, 0) is 19.6 Å². The minimum Gasteiger partial charge on any atom is -0.352 e. The largest absolute Gasteiger partial charge is 0.352 e. The van der Waals surface area contributed by atoms with Gasteiger partial charge in [-0.2, -0.15) is 0 Å². The molecule has 3 rings (SSSR count). The first-order valence-electron chi connectivity index (χ1n) is 8.55. The van der Waals surface area contributed by atoms with Crippen LogP contribution in [0, 0.1) is 13.8 Å². The molecule has 0 spiro atoms. The molecule has 0 saturated heterocycles. The van der Waals surface area contributed by atoms with Gasteiger partial charge in [0.25, 0.3) is 0 Å². The van der Waals surface area contributed by atoms with Crippen LogP contribution >= 0.6 is 35.3 Å². The van der Waals surface area contributed by atoms with Crippen LogP contribution in [0.3, 0.4) is 0 Å². The van der Waals surface area contributed by atoms with Crippen molar-refractivity contribution in [3.05, 3.63) is 69.7 Å². The Hall–Kier alpha value is -1.94. The molecular formula is C19H25IN6S. The standard InChI is InChI=1S/C19H24N6S.HI/c1-14-10-22-18(26-14)12-24-19(20-3)23-11-16-5-4-6-17(9-16)13-25-8-7-21-15(25)2;/h4-10H,11-13H2,1-3H3,(H2,20,23,24);1H. The number of thiazole rings is 1. The fourth-order valence-corrected chi connectivity index (χ4v) is 3.38. The lowest BCUT2D eigenvalue weighted by atomic mass is 10.1. The van der Waals surface area contributed by atoms with Crippen LogP contribution in [0.25, 0.3) is 0 Å². The Morgan fingerprint density at radius 3 is 2.59 bits per heavy atom. The average molecular weight is 496 g/mol. The first-order valence-corrected chi connectivity index (χ1v) is 9.37. The Bertz CT molecular complexity index is 886. The van der Waals surface area contributed by atoms with Crippen molar-refractivity contribution in [2.24, 2.45) is 4.99 Å². The van der Waals surface area contributed by atoms with E-state index in [1.165, 1.54) is 16.0 Å². The first-order chi connectivity index (χ1) is 12.6. The Labute approximate surface area is 181 Å². The molecule has 2 N–H and O–H groups in total. The number of nitrogens with zero attached hydrogens (tertiary/aromatic N) is 4. The first kappa shape index (κ1) is 21.4. The number of guanidine groups is 1. The number of aryl methyl sites for hydroxylation is 2. The quantitative estimate of drug-likeness (QED) is 0.312. The van der Waals surface area contributed by atoms with E-state index < -0.39 is 0 Å². The van der Waals surface area contributed by atoms with Gasteiger partial charge in [0, 0.05) is 43.6 Å². The zero-order chi connectivity index (χ0) is 18.4. The Kier molecular flexibility index (Phi) is 8.23. The lowest BCUT2D eigenvalue weighted by molar-refractivity contribution is 0.757. The second-order valence-corrected chi connectivity index (χ2v) is 7.39. The molecule has 0 aliphatic carbocycles. The third-order valence-corrected chi connectivity index (χ3v) is 4.94. The van der Waals surface area contributed by atoms with E-state index in [4.69, 9.17) is 0 Å². The molecule has 0 unspecified atom stereocenters. The van der Waals surface area contributed by atoms with Crippen LogP contribution in [0.1, 0.15) is 26.8 Å². The zero-order valence-electron chi connectivity index (χ0n) is 15.8. The van der Waals surface area contributed by atoms with E-state index in [1.54, 1.807) is 18.4 Å². The van der Waals surface area contributed by atoms with Gasteiger partial charge >= 0.3 is 0 Å². The van der Waals surface area contributed by atoms with E-state index in [9.17, 15) is 0 Å². The second-order valence-electron chi connectivity index (χ2n) is 6.07. The fraction of sp³-hybridized carbons (Fsp3) is 0.316. The van der Waals surface area contributed by atoms with E-state index in [-0.39, 0.29) is 24.0 Å². The van der Waals surface area contributed by atoms with Gasteiger partial charge in [0.2, 0.25) is 0 Å². The third kappa shape index (κ3) is 6.31. The van der Waals surface area contributed by atoms with E-state index >= 15 is 0 Å². The van der Waals surface area contributed by atoms with Gasteiger partial charge in [0.05, 0.1) is 6.54 Å². The highest BCUT2D eigenvalue weighted by Gasteiger charge is 2.03. The van der Waals surface area contributed by atoms with Crippen molar-refractivity contribution in [3.63, 3.8) is 0 Å². The van der Waals surface area contributed by atoms with E-state index in [2.05, 4.69) is 61.4 Å². The molecule has 0 saturated carbocycles. The van der Waals surface area contributed by atoms with Crippen LogP contribution in [0.4, 0.5) is 0 Å². The molecular weight excluding hydrogens is 471 g/mol. The van der Waals surface area contributed by atoms with Gasteiger partial charge in [-0.25, -0.2) is 9.97 Å². The van der Waals surface area contributed by atoms with Crippen LogP contribution in [-0.4, -0.2) is 27.5 Å². The molecule has 6 nitrogen and oxygen atoms in total. The molecule has 3 aromatic rings. The summed E-state index contributed by atoms with van der Waals surface area (Å²) in [5.74, 6) is 1.80. The molecule has 0 aliphatic rings. The number of imidazole rings is 1. The van der Waals surface area contributed by atoms with Crippen LogP contribution in [0.15, 0.2) is 47.8 Å². The van der Waals surface area contributed by atoms with Crippen molar-refractivity contribution in [3.8, 4) is 0 Å². The van der Waals surface area contributed by atoms with Crippen molar-refractivity contribution in [1.29, 1.82) is 0 Å². The summed E-state index contributed by atoms with van der Waals surface area (Å²) in [6.45, 7) is 6.30. The summed E-state index contributed by atoms with van der Waals surface area (Å²) >= 11 is 1.70. The monoisotopic (exact) mass is 496 g/mol. The lowest BCUT2D eigenvalue weighted by Crippen LogP contribution is -2.36. The second kappa shape index (κ2) is 10.4. The highest BCUT2D eigenvalue weighted by atomic mass is 127. The van der Waals surface area contributed by atoms with Gasteiger partial charge in [-0.05, 0) is 25.0 Å². The number of aliphatic imine (C=N–C) groups is 1.